The second kappa shape index (κ2) is 11.2. The lowest BCUT2D eigenvalue weighted by atomic mass is 9.90. The number of carbonyl (C=O) groups excluding carboxylic acids is 2. The lowest BCUT2D eigenvalue weighted by Crippen LogP contribution is -2.49. The van der Waals surface area contributed by atoms with Crippen LogP contribution in [0.1, 0.15) is 72.1 Å². The van der Waals surface area contributed by atoms with E-state index >= 15 is 0 Å². The first-order valence-corrected chi connectivity index (χ1v) is 13.2. The van der Waals surface area contributed by atoms with Crippen LogP contribution in [0, 0.1) is 5.92 Å². The summed E-state index contributed by atoms with van der Waals surface area (Å²) in [5, 5.41) is 4.12. The van der Waals surface area contributed by atoms with Crippen molar-refractivity contribution in [2.45, 2.75) is 71.4 Å². The Morgan fingerprint density at radius 3 is 2.66 bits per heavy atom. The van der Waals surface area contributed by atoms with Gasteiger partial charge in [-0.15, -0.1) is 11.3 Å². The lowest BCUT2D eigenvalue weighted by molar-refractivity contribution is -0.139. The number of ether oxygens (including phenoxy) is 2. The Morgan fingerprint density at radius 2 is 1.91 bits per heavy atom. The van der Waals surface area contributed by atoms with Gasteiger partial charge in [-0.2, -0.15) is 5.10 Å². The summed E-state index contributed by atoms with van der Waals surface area (Å²) in [5.41, 5.74) is 4.67. The summed E-state index contributed by atoms with van der Waals surface area (Å²) in [6.45, 7) is 6.41. The summed E-state index contributed by atoms with van der Waals surface area (Å²) >= 11 is 1.56. The number of thiophene rings is 1. The fourth-order valence-electron chi connectivity index (χ4n) is 5.05. The van der Waals surface area contributed by atoms with Gasteiger partial charge in [-0.05, 0) is 93.7 Å². The third-order valence-electron chi connectivity index (χ3n) is 6.95. The third-order valence-corrected chi connectivity index (χ3v) is 8.19. The number of hydrazone groups is 1. The van der Waals surface area contributed by atoms with E-state index in [4.69, 9.17) is 9.47 Å². The van der Waals surface area contributed by atoms with Crippen LogP contribution in [0.15, 0.2) is 29.4 Å². The molecule has 2 heterocycles. The number of methoxy groups -OCH3 is 1. The van der Waals surface area contributed by atoms with E-state index in [9.17, 15) is 9.59 Å². The van der Waals surface area contributed by atoms with Crippen molar-refractivity contribution in [3.05, 3.63) is 45.1 Å². The van der Waals surface area contributed by atoms with Crippen molar-refractivity contribution in [2.75, 3.05) is 13.7 Å². The van der Waals surface area contributed by atoms with Gasteiger partial charge in [-0.1, -0.05) is 6.92 Å². The van der Waals surface area contributed by atoms with Crippen molar-refractivity contribution in [1.29, 1.82) is 0 Å². The molecule has 188 valence electrons. The maximum absolute atomic E-state index is 12.8. The zero-order chi connectivity index (χ0) is 24.9. The molecule has 0 saturated carbocycles. The lowest BCUT2D eigenvalue weighted by Gasteiger charge is -2.39. The molecule has 4 rings (SSSR count). The number of benzene rings is 1. The predicted molar refractivity (Wildman–Crippen MR) is 139 cm³/mol. The van der Waals surface area contributed by atoms with E-state index in [1.54, 1.807) is 36.8 Å². The molecule has 1 aromatic carbocycles. The van der Waals surface area contributed by atoms with Gasteiger partial charge in [0.1, 0.15) is 0 Å². The maximum atomic E-state index is 12.8. The summed E-state index contributed by atoms with van der Waals surface area (Å²) in [6, 6.07) is 7.81. The smallest absolute Gasteiger partial charge is 0.281 e. The molecular weight excluding hydrogens is 462 g/mol. The zero-order valence-corrected chi connectivity index (χ0v) is 21.8. The van der Waals surface area contributed by atoms with Crippen LogP contribution in [0.3, 0.4) is 0 Å². The summed E-state index contributed by atoms with van der Waals surface area (Å²) in [7, 11) is 1.56. The molecule has 7 nitrogen and oxygen atoms in total. The van der Waals surface area contributed by atoms with E-state index in [1.165, 1.54) is 16.9 Å². The van der Waals surface area contributed by atoms with Crippen LogP contribution >= 0.6 is 11.3 Å². The van der Waals surface area contributed by atoms with Gasteiger partial charge < -0.3 is 14.4 Å². The molecule has 1 saturated heterocycles. The summed E-state index contributed by atoms with van der Waals surface area (Å²) in [5.74, 6) is 1.47. The first-order chi connectivity index (χ1) is 16.9. The van der Waals surface area contributed by atoms with Crippen LogP contribution in [0.4, 0.5) is 0 Å². The summed E-state index contributed by atoms with van der Waals surface area (Å²) in [6.07, 6.45) is 8.04. The van der Waals surface area contributed by atoms with Crippen molar-refractivity contribution in [3.8, 4) is 11.5 Å². The summed E-state index contributed by atoms with van der Waals surface area (Å²) < 4.78 is 11.3. The van der Waals surface area contributed by atoms with Gasteiger partial charge in [0.05, 0.1) is 18.2 Å². The minimum atomic E-state index is -0.195. The van der Waals surface area contributed by atoms with Crippen molar-refractivity contribution in [1.82, 2.24) is 10.3 Å². The number of nitrogens with zero attached hydrogens (tertiary/aromatic N) is 2. The van der Waals surface area contributed by atoms with Crippen LogP contribution in [-0.4, -0.2) is 48.7 Å². The molecule has 0 spiro atoms. The second-order valence-corrected chi connectivity index (χ2v) is 10.9. The molecule has 0 radical (unpaired) electrons. The standard InChI is InChI=1S/C27H35N3O4S/c1-17-8-11-24-21(12-17)14-25(35-24)27(32)29-28-15-20-9-10-22(23(13-20)33-4)34-16-26(31)30-18(2)6-5-7-19(30)3/h9-10,13-15,17-19H,5-8,11-12,16H2,1-4H3,(H,29,32)/b28-15-/t17-,18-,19+/m0/s1. The molecule has 0 unspecified atom stereocenters. The normalized spacial score (nSPS) is 22.1. The zero-order valence-electron chi connectivity index (χ0n) is 21.0. The fourth-order valence-corrected chi connectivity index (χ4v) is 6.15. The van der Waals surface area contributed by atoms with Gasteiger partial charge >= 0.3 is 0 Å². The van der Waals surface area contributed by atoms with Gasteiger partial charge in [0.2, 0.25) is 0 Å². The SMILES string of the molecule is COc1cc(/C=N\NC(=O)c2cc3c(s2)CC[C@H](C)C3)ccc1OCC(=O)N1[C@H](C)CCC[C@@H]1C. The molecule has 1 aliphatic heterocycles. The van der Waals surface area contributed by atoms with Crippen molar-refractivity contribution >= 4 is 29.4 Å². The number of carbonyl (C=O) groups is 2. The quantitative estimate of drug-likeness (QED) is 0.440. The van der Waals surface area contributed by atoms with Gasteiger partial charge in [-0.3, -0.25) is 9.59 Å². The first kappa shape index (κ1) is 25.2. The highest BCUT2D eigenvalue weighted by Crippen LogP contribution is 2.32. The number of hydrogen-bond donors (Lipinski definition) is 1. The average molecular weight is 498 g/mol. The number of piperidine rings is 1. The highest BCUT2D eigenvalue weighted by atomic mass is 32.1. The molecule has 8 heteroatoms. The van der Waals surface area contributed by atoms with Gasteiger partial charge in [0.15, 0.2) is 18.1 Å². The second-order valence-electron chi connectivity index (χ2n) is 9.74. The Kier molecular flexibility index (Phi) is 8.11. The molecule has 3 atom stereocenters. The monoisotopic (exact) mass is 497 g/mol. The number of likely N-dealkylation sites (tertiary alicyclic amines) is 1. The van der Waals surface area contributed by atoms with E-state index in [-0.39, 0.29) is 30.5 Å². The molecular formula is C27H35N3O4S. The average Bonchev–Trinajstić information content (AvgIpc) is 3.26. The molecule has 35 heavy (non-hydrogen) atoms. The molecule has 1 N–H and O–H groups in total. The maximum Gasteiger partial charge on any atom is 0.281 e. The van der Waals surface area contributed by atoms with Gasteiger partial charge in [-0.25, -0.2) is 5.43 Å². The van der Waals surface area contributed by atoms with Crippen LogP contribution < -0.4 is 14.9 Å². The first-order valence-electron chi connectivity index (χ1n) is 12.4. The predicted octanol–water partition coefficient (Wildman–Crippen LogP) is 4.81. The Labute approximate surface area is 211 Å². The molecule has 2 aliphatic rings. The Bertz CT molecular complexity index is 1090. The van der Waals surface area contributed by atoms with E-state index in [0.29, 0.717) is 22.3 Å². The fraction of sp³-hybridized carbons (Fsp3) is 0.519. The summed E-state index contributed by atoms with van der Waals surface area (Å²) in [4.78, 5) is 29.3. The highest BCUT2D eigenvalue weighted by molar-refractivity contribution is 7.14. The minimum Gasteiger partial charge on any atom is -0.493 e. The number of hydrogen-bond acceptors (Lipinski definition) is 6. The van der Waals surface area contributed by atoms with Crippen LogP contribution in [-0.2, 0) is 17.6 Å². The molecule has 1 aliphatic carbocycles. The minimum absolute atomic E-state index is 0.00943. The van der Waals surface area contributed by atoms with Crippen LogP contribution in [0.25, 0.3) is 0 Å². The molecule has 2 aromatic rings. The van der Waals surface area contributed by atoms with E-state index in [1.807, 2.05) is 17.0 Å². The van der Waals surface area contributed by atoms with Gasteiger partial charge in [0.25, 0.3) is 11.8 Å². The number of rotatable bonds is 7. The Hall–Kier alpha value is -2.87. The van der Waals surface area contributed by atoms with Crippen LogP contribution in [0.5, 0.6) is 11.5 Å². The molecule has 0 bridgehead atoms. The van der Waals surface area contributed by atoms with Crippen molar-refractivity contribution in [3.63, 3.8) is 0 Å². The van der Waals surface area contributed by atoms with Gasteiger partial charge in [0, 0.05) is 17.0 Å². The molecule has 2 amide bonds. The van der Waals surface area contributed by atoms with Crippen molar-refractivity contribution < 1.29 is 19.1 Å². The van der Waals surface area contributed by atoms with Crippen LogP contribution in [0.2, 0.25) is 0 Å². The molecule has 1 fully saturated rings. The highest BCUT2D eigenvalue weighted by Gasteiger charge is 2.29. The third kappa shape index (κ3) is 6.04. The Balaban J connectivity index is 1.34. The number of aryl methyl sites for hydroxylation is 1. The molecule has 1 aromatic heterocycles. The number of fused-ring (bicyclic) bond motifs is 1. The van der Waals surface area contributed by atoms with E-state index in [0.717, 1.165) is 37.7 Å². The topological polar surface area (TPSA) is 80.2 Å². The Morgan fingerprint density at radius 1 is 1.14 bits per heavy atom. The van der Waals surface area contributed by atoms with Crippen molar-refractivity contribution in [2.24, 2.45) is 11.0 Å². The van der Waals surface area contributed by atoms with E-state index in [2.05, 4.69) is 31.3 Å². The number of amides is 2. The largest absolute Gasteiger partial charge is 0.493 e. The van der Waals surface area contributed by atoms with E-state index < -0.39 is 0 Å². The number of nitrogens with one attached hydrogen (secondary N) is 1.